The van der Waals surface area contributed by atoms with E-state index in [0.717, 1.165) is 17.7 Å². The Morgan fingerprint density at radius 2 is 1.64 bits per heavy atom. The minimum absolute atomic E-state index is 0.00896. The number of ketones is 1. The first-order valence-corrected chi connectivity index (χ1v) is 11.6. The summed E-state index contributed by atoms with van der Waals surface area (Å²) in [5.41, 5.74) is 3.71. The first kappa shape index (κ1) is 24.7. The number of Topliss-reactive ketones (excluding diaryl/α,β-unsaturated/α-hetero) is 1. The highest BCUT2D eigenvalue weighted by molar-refractivity contribution is 6.51. The van der Waals surface area contributed by atoms with Gasteiger partial charge in [0.25, 0.3) is 11.7 Å². The van der Waals surface area contributed by atoms with Gasteiger partial charge in [0.05, 0.1) is 24.3 Å². The number of aliphatic hydroxyl groups is 1. The van der Waals surface area contributed by atoms with Crippen LogP contribution in [-0.2, 0) is 20.7 Å². The highest BCUT2D eigenvalue weighted by atomic mass is 16.5. The molecule has 0 saturated carbocycles. The average Bonchev–Trinajstić information content (AvgIpc) is 3.18. The zero-order chi connectivity index (χ0) is 26.0. The first-order valence-electron chi connectivity index (χ1n) is 11.6. The maximum Gasteiger partial charge on any atom is 0.337 e. The monoisotopic (exact) mass is 484 g/mol. The van der Waals surface area contributed by atoms with Crippen molar-refractivity contribution >= 4 is 34.8 Å². The fourth-order valence-electron chi connectivity index (χ4n) is 4.32. The molecule has 7 heteroatoms. The fourth-order valence-corrected chi connectivity index (χ4v) is 4.32. The summed E-state index contributed by atoms with van der Waals surface area (Å²) in [6.45, 7) is 2.03. The van der Waals surface area contributed by atoms with E-state index in [0.29, 0.717) is 16.8 Å². The topological polar surface area (TPSA) is 87.2 Å². The van der Waals surface area contributed by atoms with Crippen molar-refractivity contribution in [3.63, 3.8) is 0 Å². The number of nitrogens with zero attached hydrogens (tertiary/aromatic N) is 2. The lowest BCUT2D eigenvalue weighted by atomic mass is 9.94. The molecule has 1 amide bonds. The van der Waals surface area contributed by atoms with E-state index >= 15 is 0 Å². The van der Waals surface area contributed by atoms with Crippen molar-refractivity contribution in [2.24, 2.45) is 0 Å². The molecule has 184 valence electrons. The summed E-state index contributed by atoms with van der Waals surface area (Å²) in [7, 11) is 5.11. The molecule has 0 spiro atoms. The molecule has 4 rings (SSSR count). The molecular weight excluding hydrogens is 456 g/mol. The Kier molecular flexibility index (Phi) is 6.92. The smallest absolute Gasteiger partial charge is 0.337 e. The van der Waals surface area contributed by atoms with Crippen LogP contribution in [0.15, 0.2) is 78.4 Å². The number of hydrogen-bond acceptors (Lipinski definition) is 6. The van der Waals surface area contributed by atoms with Crippen LogP contribution in [0.3, 0.4) is 0 Å². The fraction of sp³-hybridized carbons (Fsp3) is 0.207. The summed E-state index contributed by atoms with van der Waals surface area (Å²) in [5.74, 6) is -2.39. The van der Waals surface area contributed by atoms with Crippen LogP contribution < -0.4 is 9.80 Å². The Morgan fingerprint density at radius 1 is 0.972 bits per heavy atom. The number of aryl methyl sites for hydroxylation is 1. The van der Waals surface area contributed by atoms with E-state index in [1.807, 2.05) is 62.3 Å². The van der Waals surface area contributed by atoms with Crippen molar-refractivity contribution in [2.75, 3.05) is 31.0 Å². The van der Waals surface area contributed by atoms with E-state index in [1.54, 1.807) is 30.3 Å². The maximum atomic E-state index is 13.4. The highest BCUT2D eigenvalue weighted by Gasteiger charge is 2.47. The molecule has 1 fully saturated rings. The van der Waals surface area contributed by atoms with Crippen LogP contribution in [0, 0.1) is 0 Å². The molecule has 1 aliphatic heterocycles. The Balaban J connectivity index is 1.91. The number of carbonyl (C=O) groups is 3. The van der Waals surface area contributed by atoms with Crippen LogP contribution >= 0.6 is 0 Å². The van der Waals surface area contributed by atoms with Gasteiger partial charge in [-0.2, -0.15) is 0 Å². The molecule has 7 nitrogen and oxygen atoms in total. The van der Waals surface area contributed by atoms with E-state index in [9.17, 15) is 19.5 Å². The molecule has 3 aromatic rings. The molecule has 0 radical (unpaired) electrons. The van der Waals surface area contributed by atoms with E-state index < -0.39 is 23.7 Å². The predicted molar refractivity (Wildman–Crippen MR) is 139 cm³/mol. The van der Waals surface area contributed by atoms with Gasteiger partial charge in [0.2, 0.25) is 0 Å². The maximum absolute atomic E-state index is 13.4. The molecule has 0 aromatic heterocycles. The second-order valence-corrected chi connectivity index (χ2v) is 8.75. The molecule has 0 bridgehead atoms. The summed E-state index contributed by atoms with van der Waals surface area (Å²) in [4.78, 5) is 42.1. The SMILES string of the molecule is CCc1ccc(/C(O)=C2\C(=O)C(=O)N(c3cccc(C(=O)OC)c3)C2c2ccc(N(C)C)cc2)cc1. The quantitative estimate of drug-likeness (QED) is 0.236. The van der Waals surface area contributed by atoms with Crippen molar-refractivity contribution in [1.29, 1.82) is 0 Å². The lowest BCUT2D eigenvalue weighted by Gasteiger charge is -2.26. The molecule has 1 saturated heterocycles. The molecule has 1 atom stereocenters. The number of amides is 1. The lowest BCUT2D eigenvalue weighted by Crippen LogP contribution is -2.29. The number of esters is 1. The number of aliphatic hydroxyl groups excluding tert-OH is 1. The molecular formula is C29H28N2O5. The van der Waals surface area contributed by atoms with Crippen molar-refractivity contribution in [3.8, 4) is 0 Å². The number of rotatable bonds is 6. The largest absolute Gasteiger partial charge is 0.507 e. The zero-order valence-electron chi connectivity index (χ0n) is 20.7. The molecule has 36 heavy (non-hydrogen) atoms. The molecule has 1 heterocycles. The average molecular weight is 485 g/mol. The van der Waals surface area contributed by atoms with Crippen molar-refractivity contribution in [2.45, 2.75) is 19.4 Å². The van der Waals surface area contributed by atoms with Gasteiger partial charge in [0.15, 0.2) is 0 Å². The van der Waals surface area contributed by atoms with Crippen LogP contribution in [0.1, 0.15) is 40.0 Å². The third-order valence-corrected chi connectivity index (χ3v) is 6.35. The summed E-state index contributed by atoms with van der Waals surface area (Å²) >= 11 is 0. The summed E-state index contributed by atoms with van der Waals surface area (Å²) in [6.07, 6.45) is 0.834. The number of hydrogen-bond donors (Lipinski definition) is 1. The summed E-state index contributed by atoms with van der Waals surface area (Å²) in [6, 6.07) is 20.1. The predicted octanol–water partition coefficient (Wildman–Crippen LogP) is 4.73. The third-order valence-electron chi connectivity index (χ3n) is 6.35. The minimum atomic E-state index is -0.889. The van der Waals surface area contributed by atoms with E-state index in [2.05, 4.69) is 0 Å². The van der Waals surface area contributed by atoms with Crippen molar-refractivity contribution < 1.29 is 24.2 Å². The van der Waals surface area contributed by atoms with E-state index in [4.69, 9.17) is 4.74 Å². The van der Waals surface area contributed by atoms with Crippen molar-refractivity contribution in [1.82, 2.24) is 0 Å². The first-order chi connectivity index (χ1) is 17.3. The van der Waals surface area contributed by atoms with Crippen LogP contribution in [0.25, 0.3) is 5.76 Å². The normalized spacial score (nSPS) is 16.8. The number of benzene rings is 3. The third kappa shape index (κ3) is 4.47. The standard InChI is InChI=1S/C29H28N2O5/c1-5-18-9-11-20(12-10-18)26(32)24-25(19-13-15-22(16-14-19)30(2)3)31(28(34)27(24)33)23-8-6-7-21(17-23)29(35)36-4/h6-17,25,32H,5H2,1-4H3/b26-24+. The number of anilines is 2. The molecule has 1 aliphatic rings. The second-order valence-electron chi connectivity index (χ2n) is 8.75. The highest BCUT2D eigenvalue weighted by Crippen LogP contribution is 2.42. The van der Waals surface area contributed by atoms with E-state index in [-0.39, 0.29) is 16.9 Å². The Morgan fingerprint density at radius 3 is 2.22 bits per heavy atom. The van der Waals surface area contributed by atoms with Gasteiger partial charge in [-0.25, -0.2) is 4.79 Å². The van der Waals surface area contributed by atoms with Gasteiger partial charge >= 0.3 is 5.97 Å². The number of methoxy groups -OCH3 is 1. The van der Waals surface area contributed by atoms with Gasteiger partial charge < -0.3 is 14.7 Å². The lowest BCUT2D eigenvalue weighted by molar-refractivity contribution is -0.132. The minimum Gasteiger partial charge on any atom is -0.507 e. The van der Waals surface area contributed by atoms with Gasteiger partial charge in [0, 0.05) is 31.0 Å². The van der Waals surface area contributed by atoms with Crippen LogP contribution in [-0.4, -0.2) is 44.0 Å². The van der Waals surface area contributed by atoms with Crippen molar-refractivity contribution in [3.05, 3.63) is 101 Å². The Labute approximate surface area is 210 Å². The number of ether oxygens (including phenoxy) is 1. The molecule has 1 N–H and O–H groups in total. The van der Waals surface area contributed by atoms with Crippen LogP contribution in [0.2, 0.25) is 0 Å². The van der Waals surface area contributed by atoms with Gasteiger partial charge in [-0.15, -0.1) is 0 Å². The Bertz CT molecular complexity index is 1340. The van der Waals surface area contributed by atoms with E-state index in [1.165, 1.54) is 18.1 Å². The van der Waals surface area contributed by atoms with Gasteiger partial charge in [0.1, 0.15) is 5.76 Å². The zero-order valence-corrected chi connectivity index (χ0v) is 20.7. The molecule has 0 aliphatic carbocycles. The second kappa shape index (κ2) is 10.1. The van der Waals surface area contributed by atoms with Crippen LogP contribution in [0.5, 0.6) is 0 Å². The summed E-state index contributed by atoms with van der Waals surface area (Å²) < 4.78 is 4.82. The molecule has 1 unspecified atom stereocenters. The Hall–Kier alpha value is -4.39. The van der Waals surface area contributed by atoms with Crippen LogP contribution in [0.4, 0.5) is 11.4 Å². The van der Waals surface area contributed by atoms with Gasteiger partial charge in [-0.3, -0.25) is 14.5 Å². The van der Waals surface area contributed by atoms with Gasteiger partial charge in [-0.05, 0) is 47.9 Å². The summed E-state index contributed by atoms with van der Waals surface area (Å²) in [5, 5.41) is 11.3. The molecule has 3 aromatic carbocycles. The number of carbonyl (C=O) groups excluding carboxylic acids is 3. The van der Waals surface area contributed by atoms with Gasteiger partial charge in [-0.1, -0.05) is 49.4 Å².